The molecule has 2 heterocycles. The van der Waals surface area contributed by atoms with E-state index in [2.05, 4.69) is 51.7 Å². The second-order valence-electron chi connectivity index (χ2n) is 9.27. The van der Waals surface area contributed by atoms with Crippen molar-refractivity contribution in [3.8, 4) is 0 Å². The van der Waals surface area contributed by atoms with E-state index in [0.29, 0.717) is 0 Å². The lowest BCUT2D eigenvalue weighted by atomic mass is 9.98. The number of guanidine groups is 1. The molecule has 0 saturated carbocycles. The summed E-state index contributed by atoms with van der Waals surface area (Å²) in [5.74, 6) is 1.96. The third-order valence-corrected chi connectivity index (χ3v) is 6.29. The molecule has 0 spiro atoms. The summed E-state index contributed by atoms with van der Waals surface area (Å²) in [5.41, 5.74) is 2.65. The van der Waals surface area contributed by atoms with E-state index in [1.807, 2.05) is 18.7 Å². The fourth-order valence-corrected chi connectivity index (χ4v) is 4.33. The molecule has 3 rings (SSSR count). The Morgan fingerprint density at radius 2 is 1.87 bits per heavy atom. The third-order valence-electron chi connectivity index (χ3n) is 6.29. The van der Waals surface area contributed by atoms with Gasteiger partial charge in [-0.2, -0.15) is 0 Å². The molecule has 1 atom stereocenters. The normalized spacial score (nSPS) is 20.6. The molecule has 2 saturated heterocycles. The van der Waals surface area contributed by atoms with E-state index in [9.17, 15) is 4.79 Å². The van der Waals surface area contributed by atoms with Crippen molar-refractivity contribution in [1.29, 1.82) is 0 Å². The van der Waals surface area contributed by atoms with Crippen molar-refractivity contribution in [1.82, 2.24) is 20.4 Å². The van der Waals surface area contributed by atoms with Crippen molar-refractivity contribution in [3.05, 3.63) is 35.4 Å². The molecule has 1 amide bonds. The first kappa shape index (κ1) is 25.9. The highest BCUT2D eigenvalue weighted by molar-refractivity contribution is 14.0. The number of piperidine rings is 1. The number of nitrogens with zero attached hydrogens (tertiary/aromatic N) is 3. The smallest absolute Gasteiger partial charge is 0.225 e. The Balaban J connectivity index is 0.00000341. The molecule has 0 radical (unpaired) electrons. The first-order valence-corrected chi connectivity index (χ1v) is 11.5. The summed E-state index contributed by atoms with van der Waals surface area (Å²) in [5, 5.41) is 6.92. The van der Waals surface area contributed by atoms with Crippen LogP contribution in [0.1, 0.15) is 51.2 Å². The average Bonchev–Trinajstić information content (AvgIpc) is 3.21. The van der Waals surface area contributed by atoms with Crippen LogP contribution in [0.3, 0.4) is 0 Å². The summed E-state index contributed by atoms with van der Waals surface area (Å²) < 4.78 is 0. The molecular weight excluding hydrogens is 501 g/mol. The van der Waals surface area contributed by atoms with Gasteiger partial charge in [0.1, 0.15) is 0 Å². The van der Waals surface area contributed by atoms with E-state index >= 15 is 0 Å². The zero-order valence-corrected chi connectivity index (χ0v) is 21.9. The molecule has 0 bridgehead atoms. The van der Waals surface area contributed by atoms with Crippen LogP contribution in [-0.2, 0) is 17.9 Å². The van der Waals surface area contributed by atoms with E-state index in [0.717, 1.165) is 44.5 Å². The first-order valence-electron chi connectivity index (χ1n) is 11.5. The van der Waals surface area contributed by atoms with E-state index in [1.165, 1.54) is 37.1 Å². The Morgan fingerprint density at radius 1 is 1.16 bits per heavy atom. The predicted octanol–water partition coefficient (Wildman–Crippen LogP) is 3.46. The fraction of sp³-hybridized carbons (Fsp3) is 0.667. The van der Waals surface area contributed by atoms with Crippen LogP contribution in [-0.4, -0.2) is 60.9 Å². The molecule has 174 valence electrons. The number of hydrogen-bond acceptors (Lipinski definition) is 3. The van der Waals surface area contributed by atoms with Gasteiger partial charge in [0.05, 0.1) is 0 Å². The number of halogens is 1. The molecule has 1 aromatic rings. The van der Waals surface area contributed by atoms with Crippen LogP contribution in [0.5, 0.6) is 0 Å². The minimum Gasteiger partial charge on any atom is -0.352 e. The van der Waals surface area contributed by atoms with Crippen molar-refractivity contribution < 1.29 is 4.79 Å². The highest BCUT2D eigenvalue weighted by Crippen LogP contribution is 2.18. The second-order valence-corrected chi connectivity index (χ2v) is 9.27. The average molecular weight is 542 g/mol. The zero-order valence-electron chi connectivity index (χ0n) is 19.6. The van der Waals surface area contributed by atoms with Gasteiger partial charge >= 0.3 is 0 Å². The van der Waals surface area contributed by atoms with E-state index in [-0.39, 0.29) is 41.8 Å². The van der Waals surface area contributed by atoms with Crippen LogP contribution < -0.4 is 10.6 Å². The summed E-state index contributed by atoms with van der Waals surface area (Å²) in [6, 6.07) is 9.11. The number of carbonyl (C=O) groups excluding carboxylic acids is 1. The van der Waals surface area contributed by atoms with Gasteiger partial charge in [0.15, 0.2) is 5.96 Å². The molecule has 1 unspecified atom stereocenters. The van der Waals surface area contributed by atoms with Gasteiger partial charge in [0.25, 0.3) is 0 Å². The molecule has 2 N–H and O–H groups in total. The van der Waals surface area contributed by atoms with Gasteiger partial charge in [-0.1, -0.05) is 45.0 Å². The highest BCUT2D eigenvalue weighted by atomic mass is 127. The number of likely N-dealkylation sites (tertiary alicyclic amines) is 2. The third kappa shape index (κ3) is 7.93. The van der Waals surface area contributed by atoms with Crippen LogP contribution in [0.4, 0.5) is 0 Å². The van der Waals surface area contributed by atoms with Crippen LogP contribution >= 0.6 is 24.0 Å². The molecule has 31 heavy (non-hydrogen) atoms. The van der Waals surface area contributed by atoms with Gasteiger partial charge in [-0.15, -0.1) is 24.0 Å². The first-order chi connectivity index (χ1) is 14.4. The lowest BCUT2D eigenvalue weighted by Crippen LogP contribution is -2.45. The van der Waals surface area contributed by atoms with Crippen molar-refractivity contribution in [2.75, 3.05) is 33.2 Å². The van der Waals surface area contributed by atoms with Gasteiger partial charge in [0, 0.05) is 45.2 Å². The Labute approximate surface area is 205 Å². The van der Waals surface area contributed by atoms with Crippen LogP contribution in [0.2, 0.25) is 0 Å². The largest absolute Gasteiger partial charge is 0.352 e. The number of hydrogen-bond donors (Lipinski definition) is 2. The van der Waals surface area contributed by atoms with Crippen LogP contribution in [0.25, 0.3) is 0 Å². The summed E-state index contributed by atoms with van der Waals surface area (Å²) in [6.07, 6.45) is 3.58. The number of nitrogens with one attached hydrogen (secondary N) is 2. The van der Waals surface area contributed by atoms with Gasteiger partial charge in [-0.3, -0.25) is 14.7 Å². The summed E-state index contributed by atoms with van der Waals surface area (Å²) in [4.78, 5) is 21.1. The quantitative estimate of drug-likeness (QED) is 0.329. The minimum atomic E-state index is 0. The summed E-state index contributed by atoms with van der Waals surface area (Å²) >= 11 is 0. The highest BCUT2D eigenvalue weighted by Gasteiger charge is 2.27. The maximum absolute atomic E-state index is 12.2. The van der Waals surface area contributed by atoms with Crippen molar-refractivity contribution in [3.63, 3.8) is 0 Å². The molecular formula is C24H40IN5O. The maximum Gasteiger partial charge on any atom is 0.225 e. The number of amides is 1. The lowest BCUT2D eigenvalue weighted by Gasteiger charge is -2.30. The van der Waals surface area contributed by atoms with Gasteiger partial charge in [-0.25, -0.2) is 0 Å². The molecule has 6 nitrogen and oxygen atoms in total. The Kier molecular flexibility index (Phi) is 10.6. The number of aliphatic imine (C=N–C) groups is 1. The van der Waals surface area contributed by atoms with E-state index in [1.54, 1.807) is 7.05 Å². The molecule has 0 aromatic heterocycles. The summed E-state index contributed by atoms with van der Waals surface area (Å²) in [7, 11) is 1.80. The van der Waals surface area contributed by atoms with Gasteiger partial charge in [-0.05, 0) is 49.4 Å². The van der Waals surface area contributed by atoms with Crippen LogP contribution in [0, 0.1) is 11.8 Å². The maximum atomic E-state index is 12.2. The number of rotatable bonds is 6. The number of benzene rings is 1. The lowest BCUT2D eigenvalue weighted by molar-refractivity contribution is -0.133. The monoisotopic (exact) mass is 541 g/mol. The van der Waals surface area contributed by atoms with Crippen molar-refractivity contribution in [2.24, 2.45) is 16.8 Å². The second kappa shape index (κ2) is 12.6. The van der Waals surface area contributed by atoms with Crippen molar-refractivity contribution >= 4 is 35.8 Å². The Hall–Kier alpha value is -1.35. The molecule has 1 aromatic carbocycles. The number of carbonyl (C=O) groups is 1. The molecule has 2 aliphatic heterocycles. The standard InChI is InChI=1S/C24H39N5O.HI/c1-18(2)23(30)29-13-10-22(17-29)27-24(25-4)26-15-20-6-5-7-21(14-20)16-28-11-8-19(3)9-12-28;/h5-7,14,18-19,22H,8-13,15-17H2,1-4H3,(H2,25,26,27);1H. The van der Waals surface area contributed by atoms with E-state index in [4.69, 9.17) is 0 Å². The van der Waals surface area contributed by atoms with Crippen molar-refractivity contribution in [2.45, 2.75) is 59.2 Å². The Bertz CT molecular complexity index is 730. The zero-order chi connectivity index (χ0) is 21.5. The molecule has 0 aliphatic carbocycles. The van der Waals surface area contributed by atoms with E-state index < -0.39 is 0 Å². The SMILES string of the molecule is CN=C(NCc1cccc(CN2CCC(C)CC2)c1)NC1CCN(C(=O)C(C)C)C1.I. The van der Waals surface area contributed by atoms with Gasteiger partial charge < -0.3 is 15.5 Å². The van der Waals surface area contributed by atoms with Gasteiger partial charge in [0.2, 0.25) is 5.91 Å². The summed E-state index contributed by atoms with van der Waals surface area (Å²) in [6.45, 7) is 12.0. The van der Waals surface area contributed by atoms with Crippen LogP contribution in [0.15, 0.2) is 29.3 Å². The minimum absolute atomic E-state index is 0. The Morgan fingerprint density at radius 3 is 2.55 bits per heavy atom. The fourth-order valence-electron chi connectivity index (χ4n) is 4.33. The predicted molar refractivity (Wildman–Crippen MR) is 139 cm³/mol. The molecule has 2 aliphatic rings. The topological polar surface area (TPSA) is 60.0 Å². The molecule has 7 heteroatoms. The molecule has 2 fully saturated rings.